The van der Waals surface area contributed by atoms with E-state index in [2.05, 4.69) is 4.74 Å². The zero-order valence-corrected chi connectivity index (χ0v) is 8.97. The molecule has 92 valence electrons. The smallest absolute Gasteiger partial charge is 0.408 e. The molecule has 0 bridgehead atoms. The van der Waals surface area contributed by atoms with Gasteiger partial charge in [-0.1, -0.05) is 12.1 Å². The fourth-order valence-electron chi connectivity index (χ4n) is 1.75. The summed E-state index contributed by atoms with van der Waals surface area (Å²) < 4.78 is 44.7. The number of hydrogen-bond donors (Lipinski definition) is 1. The highest BCUT2D eigenvalue weighted by molar-refractivity contribution is 5.69. The summed E-state index contributed by atoms with van der Waals surface area (Å²) >= 11 is 0. The number of cyclic esters (lactones) is 1. The van der Waals surface area contributed by atoms with Crippen LogP contribution in [0, 0.1) is 12.7 Å². The van der Waals surface area contributed by atoms with E-state index in [1.807, 2.05) is 5.32 Å². The van der Waals surface area contributed by atoms with Crippen LogP contribution in [0.25, 0.3) is 0 Å². The number of halogens is 3. The zero-order valence-electron chi connectivity index (χ0n) is 8.97. The molecule has 17 heavy (non-hydrogen) atoms. The van der Waals surface area contributed by atoms with E-state index in [0.29, 0.717) is 0 Å². The maximum Gasteiger partial charge on any atom is 0.408 e. The number of carbonyl (C=O) groups excluding carboxylic acids is 1. The maximum atomic E-state index is 13.6. The summed E-state index contributed by atoms with van der Waals surface area (Å²) in [5.41, 5.74) is 0.158. The Labute approximate surface area is 95.6 Å². The molecule has 2 rings (SSSR count). The Morgan fingerprint density at radius 1 is 1.47 bits per heavy atom. The number of rotatable bonds is 1. The lowest BCUT2D eigenvalue weighted by molar-refractivity contribution is -0.104. The minimum absolute atomic E-state index is 0.0617. The van der Waals surface area contributed by atoms with Crippen LogP contribution in [0.2, 0.25) is 0 Å². The van der Waals surface area contributed by atoms with Gasteiger partial charge in [0.2, 0.25) is 0 Å². The van der Waals surface area contributed by atoms with E-state index in [-0.39, 0.29) is 11.1 Å². The minimum Gasteiger partial charge on any atom is -0.443 e. The van der Waals surface area contributed by atoms with Crippen LogP contribution in [0.3, 0.4) is 0 Å². The Bertz CT molecular complexity index is 462. The number of nitrogens with one attached hydrogen (secondary N) is 1. The van der Waals surface area contributed by atoms with Gasteiger partial charge in [0.15, 0.2) is 6.61 Å². The summed E-state index contributed by atoms with van der Waals surface area (Å²) in [6, 6.07) is 2.32. The highest BCUT2D eigenvalue weighted by atomic mass is 19.3. The predicted octanol–water partition coefficient (Wildman–Crippen LogP) is 2.55. The first-order valence-corrected chi connectivity index (χ1v) is 4.98. The normalized spacial score (nSPS) is 22.8. The maximum absolute atomic E-state index is 13.6. The highest BCUT2D eigenvalue weighted by Crippen LogP contribution is 2.36. The summed E-state index contributed by atoms with van der Waals surface area (Å²) in [5, 5.41) is 2.01. The van der Waals surface area contributed by atoms with Crippen LogP contribution < -0.4 is 5.32 Å². The van der Waals surface area contributed by atoms with Gasteiger partial charge >= 0.3 is 12.0 Å². The van der Waals surface area contributed by atoms with Crippen molar-refractivity contribution in [3.63, 3.8) is 0 Å². The van der Waals surface area contributed by atoms with Gasteiger partial charge in [0, 0.05) is 0 Å². The minimum atomic E-state index is -3.26. The van der Waals surface area contributed by atoms with Crippen molar-refractivity contribution >= 4 is 6.09 Å². The predicted molar refractivity (Wildman–Crippen MR) is 53.3 cm³/mol. The molecule has 1 amide bonds. The molecular formula is C11H10F3NO2. The van der Waals surface area contributed by atoms with Crippen molar-refractivity contribution < 1.29 is 22.7 Å². The van der Waals surface area contributed by atoms with Gasteiger partial charge < -0.3 is 10.1 Å². The number of alkyl halides is 2. The molecule has 1 atom stereocenters. The molecule has 0 aliphatic carbocycles. The average Bonchev–Trinajstić information content (AvgIpc) is 2.26. The number of ether oxygens (including phenoxy) is 1. The standard InChI is InChI=1S/C11H10F3NO2/c1-6-7(3-2-4-8(6)12)9-11(13,14)5-17-10(16)15-9/h2-4,9H,5H2,1H3,(H,15,16)/t9-/m0/s1. The molecule has 6 heteroatoms. The monoisotopic (exact) mass is 245 g/mol. The van der Waals surface area contributed by atoms with E-state index in [1.54, 1.807) is 0 Å². The molecule has 1 aromatic carbocycles. The van der Waals surface area contributed by atoms with Crippen molar-refractivity contribution in [2.45, 2.75) is 18.9 Å². The van der Waals surface area contributed by atoms with E-state index < -0.39 is 30.5 Å². The molecule has 0 unspecified atom stereocenters. The first kappa shape index (κ1) is 11.8. The molecule has 1 saturated heterocycles. The summed E-state index contributed by atoms with van der Waals surface area (Å²) in [6.45, 7) is 0.391. The summed E-state index contributed by atoms with van der Waals surface area (Å²) in [7, 11) is 0. The Balaban J connectivity index is 2.43. The number of amides is 1. The lowest BCUT2D eigenvalue weighted by atomic mass is 9.95. The Kier molecular flexibility index (Phi) is 2.73. The van der Waals surface area contributed by atoms with E-state index in [0.717, 1.165) is 0 Å². The Morgan fingerprint density at radius 3 is 2.88 bits per heavy atom. The second-order valence-electron chi connectivity index (χ2n) is 3.87. The molecule has 0 saturated carbocycles. The van der Waals surface area contributed by atoms with Gasteiger partial charge in [-0.25, -0.2) is 18.0 Å². The molecule has 1 aliphatic heterocycles. The first-order valence-electron chi connectivity index (χ1n) is 4.98. The third-order valence-corrected chi connectivity index (χ3v) is 2.70. The average molecular weight is 245 g/mol. The Morgan fingerprint density at radius 2 is 2.18 bits per heavy atom. The van der Waals surface area contributed by atoms with Crippen molar-refractivity contribution in [3.8, 4) is 0 Å². The topological polar surface area (TPSA) is 38.3 Å². The van der Waals surface area contributed by atoms with Crippen LogP contribution in [-0.4, -0.2) is 18.6 Å². The lowest BCUT2D eigenvalue weighted by Gasteiger charge is -2.32. The largest absolute Gasteiger partial charge is 0.443 e. The van der Waals surface area contributed by atoms with Crippen molar-refractivity contribution in [3.05, 3.63) is 35.1 Å². The fourth-order valence-corrected chi connectivity index (χ4v) is 1.75. The molecule has 1 N–H and O–H groups in total. The summed E-state index contributed by atoms with van der Waals surface area (Å²) in [6.07, 6.45) is -0.926. The third-order valence-electron chi connectivity index (χ3n) is 2.70. The quantitative estimate of drug-likeness (QED) is 0.825. The van der Waals surface area contributed by atoms with Crippen LogP contribution in [0.4, 0.5) is 18.0 Å². The van der Waals surface area contributed by atoms with Gasteiger partial charge in [0.05, 0.1) is 0 Å². The van der Waals surface area contributed by atoms with Gasteiger partial charge in [-0.2, -0.15) is 0 Å². The van der Waals surface area contributed by atoms with Crippen molar-refractivity contribution in [2.75, 3.05) is 6.61 Å². The molecule has 3 nitrogen and oxygen atoms in total. The molecular weight excluding hydrogens is 235 g/mol. The SMILES string of the molecule is Cc1c(F)cccc1[C@@H]1NC(=O)OCC1(F)F. The fraction of sp³-hybridized carbons (Fsp3) is 0.364. The molecule has 1 aliphatic rings. The Hall–Kier alpha value is -1.72. The van der Waals surface area contributed by atoms with Gasteiger partial charge in [-0.3, -0.25) is 0 Å². The summed E-state index contributed by atoms with van der Waals surface area (Å²) in [4.78, 5) is 11.0. The number of carbonyl (C=O) groups is 1. The van der Waals surface area contributed by atoms with Gasteiger partial charge in [0.1, 0.15) is 11.9 Å². The van der Waals surface area contributed by atoms with Crippen LogP contribution in [-0.2, 0) is 4.74 Å². The van der Waals surface area contributed by atoms with Crippen LogP contribution in [0.15, 0.2) is 18.2 Å². The van der Waals surface area contributed by atoms with Crippen molar-refractivity contribution in [1.82, 2.24) is 5.32 Å². The molecule has 1 aromatic rings. The van der Waals surface area contributed by atoms with E-state index in [1.165, 1.54) is 25.1 Å². The molecule has 0 spiro atoms. The third kappa shape index (κ3) is 2.07. The van der Waals surface area contributed by atoms with Gasteiger partial charge in [-0.05, 0) is 24.1 Å². The van der Waals surface area contributed by atoms with E-state index in [4.69, 9.17) is 0 Å². The first-order chi connectivity index (χ1) is 7.92. The number of hydrogen-bond acceptors (Lipinski definition) is 2. The summed E-state index contributed by atoms with van der Waals surface area (Å²) in [5.74, 6) is -3.84. The second-order valence-corrected chi connectivity index (χ2v) is 3.87. The zero-order chi connectivity index (χ0) is 12.6. The van der Waals surface area contributed by atoms with E-state index in [9.17, 15) is 18.0 Å². The second kappa shape index (κ2) is 3.94. The van der Waals surface area contributed by atoms with Gasteiger partial charge in [0.25, 0.3) is 0 Å². The molecule has 1 fully saturated rings. The van der Waals surface area contributed by atoms with Crippen molar-refractivity contribution in [2.24, 2.45) is 0 Å². The number of benzene rings is 1. The lowest BCUT2D eigenvalue weighted by Crippen LogP contribution is -2.49. The highest BCUT2D eigenvalue weighted by Gasteiger charge is 2.47. The molecule has 0 aromatic heterocycles. The van der Waals surface area contributed by atoms with Gasteiger partial charge in [-0.15, -0.1) is 0 Å². The molecule has 1 heterocycles. The van der Waals surface area contributed by atoms with Crippen LogP contribution in [0.5, 0.6) is 0 Å². The van der Waals surface area contributed by atoms with Crippen LogP contribution in [0.1, 0.15) is 17.2 Å². The van der Waals surface area contributed by atoms with Crippen molar-refractivity contribution in [1.29, 1.82) is 0 Å². The van der Waals surface area contributed by atoms with Crippen LogP contribution >= 0.6 is 0 Å². The van der Waals surface area contributed by atoms with E-state index >= 15 is 0 Å². The number of alkyl carbamates (subject to hydrolysis) is 1. The molecule has 0 radical (unpaired) electrons.